The molecule has 0 fully saturated rings. The summed E-state index contributed by atoms with van der Waals surface area (Å²) in [4.78, 5) is 2.19. The van der Waals surface area contributed by atoms with Crippen LogP contribution in [0.3, 0.4) is 0 Å². The second-order valence-electron chi connectivity index (χ2n) is 4.83. The molecule has 3 nitrogen and oxygen atoms in total. The molecule has 0 radical (unpaired) electrons. The average molecular weight is 270 g/mol. The van der Waals surface area contributed by atoms with Gasteiger partial charge in [0, 0.05) is 25.3 Å². The van der Waals surface area contributed by atoms with Gasteiger partial charge in [0.25, 0.3) is 0 Å². The smallest absolute Gasteiger partial charge is 0.0606 e. The molecule has 0 unspecified atom stereocenters. The Bertz CT molecular complexity index is 496. The molecule has 2 aromatic rings. The minimum absolute atomic E-state index is 0.158. The molecule has 0 aliphatic carbocycles. The maximum atomic E-state index is 9.26. The third-order valence-electron chi connectivity index (χ3n) is 3.27. The third kappa shape index (κ3) is 4.08. The molecule has 0 atom stereocenters. The highest BCUT2D eigenvalue weighted by molar-refractivity contribution is 5.48. The van der Waals surface area contributed by atoms with Crippen LogP contribution in [0.25, 0.3) is 0 Å². The lowest BCUT2D eigenvalue weighted by Crippen LogP contribution is -2.26. The molecule has 0 spiro atoms. The first kappa shape index (κ1) is 14.6. The monoisotopic (exact) mass is 270 g/mol. The van der Waals surface area contributed by atoms with Crippen LogP contribution in [0.4, 0.5) is 5.69 Å². The number of anilines is 1. The molecule has 0 saturated carbocycles. The van der Waals surface area contributed by atoms with Crippen LogP contribution in [0.2, 0.25) is 0 Å². The fourth-order valence-electron chi connectivity index (χ4n) is 2.25. The number of nitrogens with zero attached hydrogens (tertiary/aromatic N) is 1. The van der Waals surface area contributed by atoms with E-state index in [0.717, 1.165) is 18.8 Å². The molecule has 0 aromatic heterocycles. The number of benzene rings is 2. The zero-order valence-corrected chi connectivity index (χ0v) is 11.9. The number of hydrogen-bond acceptors (Lipinski definition) is 3. The van der Waals surface area contributed by atoms with Gasteiger partial charge in [-0.3, -0.25) is 0 Å². The average Bonchev–Trinajstić information content (AvgIpc) is 2.49. The number of hydrogen-bond donors (Lipinski definition) is 2. The van der Waals surface area contributed by atoms with Crippen molar-refractivity contribution in [3.63, 3.8) is 0 Å². The quantitative estimate of drug-likeness (QED) is 0.811. The Kier molecular flexibility index (Phi) is 5.59. The van der Waals surface area contributed by atoms with Gasteiger partial charge in [-0.2, -0.15) is 0 Å². The Balaban J connectivity index is 2.11. The van der Waals surface area contributed by atoms with Gasteiger partial charge in [-0.05, 0) is 30.3 Å². The Morgan fingerprint density at radius 2 is 1.65 bits per heavy atom. The number of nitrogens with one attached hydrogen (secondary N) is 1. The molecule has 0 aliphatic rings. The summed E-state index contributed by atoms with van der Waals surface area (Å²) in [7, 11) is 1.95. The van der Waals surface area contributed by atoms with Crippen LogP contribution in [0.5, 0.6) is 0 Å². The zero-order valence-electron chi connectivity index (χ0n) is 11.9. The molecule has 2 aromatic carbocycles. The summed E-state index contributed by atoms with van der Waals surface area (Å²) < 4.78 is 0. The van der Waals surface area contributed by atoms with E-state index >= 15 is 0 Å². The largest absolute Gasteiger partial charge is 0.395 e. The first-order valence-electron chi connectivity index (χ1n) is 6.97. The minimum Gasteiger partial charge on any atom is -0.395 e. The minimum atomic E-state index is 0.158. The summed E-state index contributed by atoms with van der Waals surface area (Å²) in [5.41, 5.74) is 3.66. The van der Waals surface area contributed by atoms with Crippen molar-refractivity contribution in [3.8, 4) is 0 Å². The van der Waals surface area contributed by atoms with Gasteiger partial charge < -0.3 is 15.3 Å². The van der Waals surface area contributed by atoms with Gasteiger partial charge in [-0.25, -0.2) is 0 Å². The van der Waals surface area contributed by atoms with Crippen molar-refractivity contribution in [2.45, 2.75) is 13.1 Å². The molecule has 3 heteroatoms. The van der Waals surface area contributed by atoms with Crippen molar-refractivity contribution in [3.05, 3.63) is 65.7 Å². The standard InChI is InChI=1S/C17H22N2O/c1-18-13-15-7-9-17(10-8-15)19(11-12-20)14-16-5-3-2-4-6-16/h2-10,18,20H,11-14H2,1H3. The van der Waals surface area contributed by atoms with Crippen LogP contribution >= 0.6 is 0 Å². The van der Waals surface area contributed by atoms with E-state index < -0.39 is 0 Å². The normalized spacial score (nSPS) is 10.5. The van der Waals surface area contributed by atoms with E-state index in [9.17, 15) is 5.11 Å². The topological polar surface area (TPSA) is 35.5 Å². The zero-order chi connectivity index (χ0) is 14.2. The molecule has 106 valence electrons. The van der Waals surface area contributed by atoms with Gasteiger partial charge in [-0.1, -0.05) is 42.5 Å². The van der Waals surface area contributed by atoms with Gasteiger partial charge in [0.05, 0.1) is 6.61 Å². The van der Waals surface area contributed by atoms with Crippen LogP contribution in [-0.4, -0.2) is 25.3 Å². The first-order valence-corrected chi connectivity index (χ1v) is 6.97. The van der Waals surface area contributed by atoms with Crippen LogP contribution in [0.15, 0.2) is 54.6 Å². The summed E-state index contributed by atoms with van der Waals surface area (Å²) in [6, 6.07) is 18.8. The predicted molar refractivity (Wildman–Crippen MR) is 83.8 cm³/mol. The first-order chi connectivity index (χ1) is 9.83. The van der Waals surface area contributed by atoms with Crippen molar-refractivity contribution < 1.29 is 5.11 Å². The molecular formula is C17H22N2O. The van der Waals surface area contributed by atoms with E-state index in [2.05, 4.69) is 46.6 Å². The van der Waals surface area contributed by atoms with E-state index in [-0.39, 0.29) is 6.61 Å². The predicted octanol–water partition coefficient (Wildman–Crippen LogP) is 2.40. The van der Waals surface area contributed by atoms with Gasteiger partial charge in [-0.15, -0.1) is 0 Å². The molecule has 20 heavy (non-hydrogen) atoms. The van der Waals surface area contributed by atoms with E-state index in [4.69, 9.17) is 0 Å². The maximum absolute atomic E-state index is 9.26. The fraction of sp³-hybridized carbons (Fsp3) is 0.294. The Morgan fingerprint density at radius 1 is 0.950 bits per heavy atom. The van der Waals surface area contributed by atoms with Gasteiger partial charge in [0.2, 0.25) is 0 Å². The lowest BCUT2D eigenvalue weighted by molar-refractivity contribution is 0.301. The second kappa shape index (κ2) is 7.68. The van der Waals surface area contributed by atoms with Crippen molar-refractivity contribution >= 4 is 5.69 Å². The van der Waals surface area contributed by atoms with E-state index in [1.54, 1.807) is 0 Å². The summed E-state index contributed by atoms with van der Waals surface area (Å²) in [5, 5.41) is 12.4. The highest BCUT2D eigenvalue weighted by Crippen LogP contribution is 2.18. The van der Waals surface area contributed by atoms with Gasteiger partial charge >= 0.3 is 0 Å². The van der Waals surface area contributed by atoms with Crippen molar-refractivity contribution in [1.29, 1.82) is 0 Å². The molecule has 2 N–H and O–H groups in total. The summed E-state index contributed by atoms with van der Waals surface area (Å²) in [6.07, 6.45) is 0. The fourth-order valence-corrected chi connectivity index (χ4v) is 2.25. The van der Waals surface area contributed by atoms with Crippen molar-refractivity contribution in [2.75, 3.05) is 25.1 Å². The summed E-state index contributed by atoms with van der Waals surface area (Å²) in [6.45, 7) is 2.48. The van der Waals surface area contributed by atoms with Crippen LogP contribution < -0.4 is 10.2 Å². The molecule has 0 bridgehead atoms. The summed E-state index contributed by atoms with van der Waals surface area (Å²) >= 11 is 0. The Hall–Kier alpha value is -1.84. The number of aliphatic hydroxyl groups is 1. The lowest BCUT2D eigenvalue weighted by Gasteiger charge is -2.24. The molecule has 0 amide bonds. The van der Waals surface area contributed by atoms with Crippen LogP contribution in [0, 0.1) is 0 Å². The Labute approximate surface area is 120 Å². The van der Waals surface area contributed by atoms with Crippen molar-refractivity contribution in [1.82, 2.24) is 5.32 Å². The maximum Gasteiger partial charge on any atom is 0.0606 e. The molecular weight excluding hydrogens is 248 g/mol. The van der Waals surface area contributed by atoms with Gasteiger partial charge in [0.15, 0.2) is 0 Å². The Morgan fingerprint density at radius 3 is 2.25 bits per heavy atom. The second-order valence-corrected chi connectivity index (χ2v) is 4.83. The van der Waals surface area contributed by atoms with E-state index in [1.807, 2.05) is 25.2 Å². The highest BCUT2D eigenvalue weighted by Gasteiger charge is 2.06. The number of rotatable bonds is 7. The van der Waals surface area contributed by atoms with Crippen LogP contribution in [-0.2, 0) is 13.1 Å². The van der Waals surface area contributed by atoms with E-state index in [0.29, 0.717) is 6.54 Å². The molecule has 2 rings (SSSR count). The number of aliphatic hydroxyl groups excluding tert-OH is 1. The van der Waals surface area contributed by atoms with Gasteiger partial charge in [0.1, 0.15) is 0 Å². The lowest BCUT2D eigenvalue weighted by atomic mass is 10.1. The highest BCUT2D eigenvalue weighted by atomic mass is 16.3. The van der Waals surface area contributed by atoms with Crippen LogP contribution in [0.1, 0.15) is 11.1 Å². The SMILES string of the molecule is CNCc1ccc(N(CCO)Cc2ccccc2)cc1. The van der Waals surface area contributed by atoms with E-state index in [1.165, 1.54) is 11.1 Å². The molecule has 0 heterocycles. The molecule has 0 saturated heterocycles. The van der Waals surface area contributed by atoms with Crippen molar-refractivity contribution in [2.24, 2.45) is 0 Å². The third-order valence-corrected chi connectivity index (χ3v) is 3.27. The molecule has 0 aliphatic heterocycles. The summed E-state index contributed by atoms with van der Waals surface area (Å²) in [5.74, 6) is 0.